The Morgan fingerprint density at radius 3 is 2.62 bits per heavy atom. The molecule has 1 N–H and O–H groups in total. The van der Waals surface area contributed by atoms with Crippen molar-refractivity contribution in [1.82, 2.24) is 5.32 Å². The van der Waals surface area contributed by atoms with Crippen molar-refractivity contribution in [2.75, 3.05) is 5.88 Å². The normalized spacial score (nSPS) is 24.1. The first-order valence-electron chi connectivity index (χ1n) is 8.17. The molecule has 0 radical (unpaired) electrons. The van der Waals surface area contributed by atoms with Crippen molar-refractivity contribution in [3.05, 3.63) is 35.4 Å². The number of halogens is 1. The van der Waals surface area contributed by atoms with Crippen LogP contribution in [0.2, 0.25) is 0 Å². The van der Waals surface area contributed by atoms with E-state index in [0.29, 0.717) is 5.88 Å². The summed E-state index contributed by atoms with van der Waals surface area (Å²) >= 11 is 6.19. The van der Waals surface area contributed by atoms with Crippen molar-refractivity contribution in [3.63, 3.8) is 0 Å². The minimum atomic E-state index is -0.145. The van der Waals surface area contributed by atoms with Crippen LogP contribution in [0, 0.1) is 5.92 Å². The monoisotopic (exact) mass is 305 g/mol. The maximum Gasteiger partial charge on any atom is 0.223 e. The summed E-state index contributed by atoms with van der Waals surface area (Å²) < 4.78 is 0. The molecule has 1 saturated carbocycles. The maximum atomic E-state index is 12.7. The quantitative estimate of drug-likeness (QED) is 0.844. The van der Waals surface area contributed by atoms with Gasteiger partial charge in [-0.3, -0.25) is 4.79 Å². The number of alkyl halides is 1. The molecule has 2 aliphatic rings. The summed E-state index contributed by atoms with van der Waals surface area (Å²) in [5.41, 5.74) is 2.60. The van der Waals surface area contributed by atoms with Crippen LogP contribution in [0.15, 0.2) is 24.3 Å². The van der Waals surface area contributed by atoms with Crippen molar-refractivity contribution >= 4 is 17.5 Å². The van der Waals surface area contributed by atoms with Crippen LogP contribution in [-0.4, -0.2) is 17.3 Å². The van der Waals surface area contributed by atoms with Crippen molar-refractivity contribution in [2.45, 2.75) is 56.9 Å². The zero-order chi connectivity index (χ0) is 14.7. The summed E-state index contributed by atoms with van der Waals surface area (Å²) in [6.45, 7) is 0. The van der Waals surface area contributed by atoms with E-state index in [9.17, 15) is 4.79 Å². The number of rotatable bonds is 3. The lowest BCUT2D eigenvalue weighted by molar-refractivity contribution is -0.127. The third kappa shape index (κ3) is 3.26. The van der Waals surface area contributed by atoms with Gasteiger partial charge in [0.1, 0.15) is 0 Å². The summed E-state index contributed by atoms with van der Waals surface area (Å²) in [6, 6.07) is 8.50. The molecule has 0 aromatic heterocycles. The molecule has 0 spiro atoms. The standard InChI is InChI=1S/C18H24ClNO/c19-13-18(10-4-1-5-11-18)20-17(21)16-9-8-14-6-2-3-7-15(14)12-16/h2-3,6-7,16H,1,4-5,8-13H2,(H,20,21). The summed E-state index contributed by atoms with van der Waals surface area (Å²) in [4.78, 5) is 12.7. The van der Waals surface area contributed by atoms with Crippen LogP contribution < -0.4 is 5.32 Å². The molecular weight excluding hydrogens is 282 g/mol. The number of nitrogens with one attached hydrogen (secondary N) is 1. The fourth-order valence-electron chi connectivity index (χ4n) is 3.81. The molecule has 0 bridgehead atoms. The van der Waals surface area contributed by atoms with Gasteiger partial charge in [0, 0.05) is 11.8 Å². The molecular formula is C18H24ClNO. The van der Waals surface area contributed by atoms with Crippen molar-refractivity contribution < 1.29 is 4.79 Å². The van der Waals surface area contributed by atoms with Gasteiger partial charge in [0.2, 0.25) is 5.91 Å². The van der Waals surface area contributed by atoms with E-state index in [-0.39, 0.29) is 17.4 Å². The number of amides is 1. The predicted octanol–water partition coefficient (Wildman–Crippen LogP) is 3.85. The van der Waals surface area contributed by atoms with E-state index >= 15 is 0 Å². The SMILES string of the molecule is O=C(NC1(CCl)CCCCC1)C1CCc2ccccc2C1. The summed E-state index contributed by atoms with van der Waals surface area (Å²) in [5, 5.41) is 3.31. The summed E-state index contributed by atoms with van der Waals surface area (Å²) in [6.07, 6.45) is 8.55. The number of hydrogen-bond acceptors (Lipinski definition) is 1. The number of benzene rings is 1. The van der Waals surface area contributed by atoms with Gasteiger partial charge in [-0.05, 0) is 43.2 Å². The van der Waals surface area contributed by atoms with Gasteiger partial charge in [-0.2, -0.15) is 0 Å². The van der Waals surface area contributed by atoms with Gasteiger partial charge < -0.3 is 5.32 Å². The highest BCUT2D eigenvalue weighted by Gasteiger charge is 2.35. The van der Waals surface area contributed by atoms with Crippen LogP contribution in [0.3, 0.4) is 0 Å². The average molecular weight is 306 g/mol. The second-order valence-electron chi connectivity index (χ2n) is 6.67. The molecule has 3 heteroatoms. The Kier molecular flexibility index (Phi) is 4.54. The molecule has 1 aromatic rings. The molecule has 21 heavy (non-hydrogen) atoms. The topological polar surface area (TPSA) is 29.1 Å². The minimum absolute atomic E-state index is 0.113. The Labute approximate surface area is 132 Å². The van der Waals surface area contributed by atoms with E-state index in [4.69, 9.17) is 11.6 Å². The lowest BCUT2D eigenvalue weighted by atomic mass is 9.80. The number of carbonyl (C=O) groups is 1. The van der Waals surface area contributed by atoms with Crippen molar-refractivity contribution in [3.8, 4) is 0 Å². The second kappa shape index (κ2) is 6.39. The zero-order valence-electron chi connectivity index (χ0n) is 12.5. The highest BCUT2D eigenvalue weighted by molar-refractivity contribution is 6.18. The van der Waals surface area contributed by atoms with E-state index in [0.717, 1.165) is 32.1 Å². The van der Waals surface area contributed by atoms with Crippen LogP contribution in [0.25, 0.3) is 0 Å². The molecule has 2 aliphatic carbocycles. The van der Waals surface area contributed by atoms with Crippen molar-refractivity contribution in [1.29, 1.82) is 0 Å². The molecule has 1 unspecified atom stereocenters. The molecule has 2 nitrogen and oxygen atoms in total. The number of carbonyl (C=O) groups excluding carboxylic acids is 1. The van der Waals surface area contributed by atoms with E-state index in [1.807, 2.05) is 0 Å². The first-order chi connectivity index (χ1) is 10.2. The van der Waals surface area contributed by atoms with E-state index in [1.54, 1.807) is 0 Å². The third-order valence-corrected chi connectivity index (χ3v) is 5.68. The molecule has 0 saturated heterocycles. The Morgan fingerprint density at radius 2 is 1.90 bits per heavy atom. The van der Waals surface area contributed by atoms with Crippen LogP contribution in [0.5, 0.6) is 0 Å². The maximum absolute atomic E-state index is 12.7. The average Bonchev–Trinajstić information content (AvgIpc) is 2.55. The first-order valence-corrected chi connectivity index (χ1v) is 8.71. The summed E-state index contributed by atoms with van der Waals surface area (Å²) in [5.74, 6) is 0.871. The Balaban J connectivity index is 1.66. The van der Waals surface area contributed by atoms with Gasteiger partial charge in [0.15, 0.2) is 0 Å². The van der Waals surface area contributed by atoms with Gasteiger partial charge >= 0.3 is 0 Å². The number of hydrogen-bond donors (Lipinski definition) is 1. The van der Waals surface area contributed by atoms with Crippen LogP contribution in [0.4, 0.5) is 0 Å². The molecule has 1 amide bonds. The lowest BCUT2D eigenvalue weighted by Crippen LogP contribution is -2.53. The highest BCUT2D eigenvalue weighted by Crippen LogP contribution is 2.31. The molecule has 0 heterocycles. The van der Waals surface area contributed by atoms with E-state index < -0.39 is 0 Å². The smallest absolute Gasteiger partial charge is 0.223 e. The van der Waals surface area contributed by atoms with Crippen molar-refractivity contribution in [2.24, 2.45) is 5.92 Å². The van der Waals surface area contributed by atoms with E-state index in [1.165, 1.54) is 30.4 Å². The first kappa shape index (κ1) is 14.9. The van der Waals surface area contributed by atoms with Crippen LogP contribution >= 0.6 is 11.6 Å². The molecule has 1 fully saturated rings. The van der Waals surface area contributed by atoms with Gasteiger partial charge in [-0.15, -0.1) is 11.6 Å². The lowest BCUT2D eigenvalue weighted by Gasteiger charge is -2.38. The third-order valence-electron chi connectivity index (χ3n) is 5.17. The molecule has 1 aromatic carbocycles. The fourth-order valence-corrected chi connectivity index (χ4v) is 4.14. The second-order valence-corrected chi connectivity index (χ2v) is 6.94. The minimum Gasteiger partial charge on any atom is -0.349 e. The predicted molar refractivity (Wildman–Crippen MR) is 86.6 cm³/mol. The molecule has 1 atom stereocenters. The van der Waals surface area contributed by atoms with Gasteiger partial charge in [-0.1, -0.05) is 43.5 Å². The highest BCUT2D eigenvalue weighted by atomic mass is 35.5. The zero-order valence-corrected chi connectivity index (χ0v) is 13.3. The molecule has 114 valence electrons. The Hall–Kier alpha value is -1.02. The molecule has 0 aliphatic heterocycles. The van der Waals surface area contributed by atoms with Crippen LogP contribution in [0.1, 0.15) is 49.7 Å². The molecule has 3 rings (SSSR count). The fraction of sp³-hybridized carbons (Fsp3) is 0.611. The Morgan fingerprint density at radius 1 is 1.19 bits per heavy atom. The number of aryl methyl sites for hydroxylation is 1. The van der Waals surface area contributed by atoms with Gasteiger partial charge in [0.25, 0.3) is 0 Å². The van der Waals surface area contributed by atoms with E-state index in [2.05, 4.69) is 29.6 Å². The van der Waals surface area contributed by atoms with Gasteiger partial charge in [-0.25, -0.2) is 0 Å². The largest absolute Gasteiger partial charge is 0.349 e. The summed E-state index contributed by atoms with van der Waals surface area (Å²) in [7, 11) is 0. The number of fused-ring (bicyclic) bond motifs is 1. The Bertz CT molecular complexity index is 508. The van der Waals surface area contributed by atoms with Gasteiger partial charge in [0.05, 0.1) is 5.54 Å². The van der Waals surface area contributed by atoms with Crippen LogP contribution in [-0.2, 0) is 17.6 Å².